The van der Waals surface area contributed by atoms with Gasteiger partial charge in [0, 0.05) is 9.26 Å². The van der Waals surface area contributed by atoms with Gasteiger partial charge in [0.2, 0.25) is 5.91 Å². The number of nitrogens with zero attached hydrogens (tertiary/aromatic N) is 1. The molecule has 0 unspecified atom stereocenters. The molecule has 0 aliphatic heterocycles. The van der Waals surface area contributed by atoms with Gasteiger partial charge in [-0.2, -0.15) is 0 Å². The van der Waals surface area contributed by atoms with E-state index in [1.165, 1.54) is 0 Å². The maximum Gasteiger partial charge on any atom is 0.317 e. The van der Waals surface area contributed by atoms with Gasteiger partial charge in [-0.25, -0.2) is 0 Å². The van der Waals surface area contributed by atoms with Gasteiger partial charge < -0.3 is 15.5 Å². The summed E-state index contributed by atoms with van der Waals surface area (Å²) >= 11 is 2.22. The Bertz CT molecular complexity index is 592. The highest BCUT2D eigenvalue weighted by atomic mass is 127. The number of carbonyl (C=O) groups excluding carboxylic acids is 1. The van der Waals surface area contributed by atoms with E-state index >= 15 is 0 Å². The smallest absolute Gasteiger partial charge is 0.317 e. The fourth-order valence-electron chi connectivity index (χ4n) is 2.38. The summed E-state index contributed by atoms with van der Waals surface area (Å²) in [5.74, 6) is -2.79. The second-order valence-electron chi connectivity index (χ2n) is 5.29. The van der Waals surface area contributed by atoms with E-state index in [4.69, 9.17) is 10.2 Å². The van der Waals surface area contributed by atoms with Gasteiger partial charge in [-0.3, -0.25) is 19.3 Å². The number of nitrogens with one attached hydrogen (secondary N) is 1. The lowest BCUT2D eigenvalue weighted by Crippen LogP contribution is -2.40. The number of halogens is 1. The highest BCUT2D eigenvalue weighted by Gasteiger charge is 2.18. The van der Waals surface area contributed by atoms with Crippen molar-refractivity contribution in [2.75, 3.05) is 25.0 Å². The van der Waals surface area contributed by atoms with E-state index in [1.807, 2.05) is 26.0 Å². The molecule has 0 aliphatic rings. The second kappa shape index (κ2) is 9.58. The van der Waals surface area contributed by atoms with Gasteiger partial charge in [-0.15, -0.1) is 0 Å². The van der Waals surface area contributed by atoms with E-state index in [2.05, 4.69) is 27.9 Å². The number of aliphatic carboxylic acids is 2. The summed E-state index contributed by atoms with van der Waals surface area (Å²) in [5.41, 5.74) is 2.72. The Morgan fingerprint density at radius 2 is 1.58 bits per heavy atom. The molecule has 7 nitrogen and oxygen atoms in total. The Morgan fingerprint density at radius 3 is 1.96 bits per heavy atom. The van der Waals surface area contributed by atoms with Crippen LogP contribution in [-0.4, -0.2) is 52.6 Å². The molecule has 0 fully saturated rings. The molecule has 0 heterocycles. The Kier molecular flexibility index (Phi) is 8.13. The predicted octanol–water partition coefficient (Wildman–Crippen LogP) is 1.83. The summed E-state index contributed by atoms with van der Waals surface area (Å²) < 4.78 is 1.08. The van der Waals surface area contributed by atoms with Crippen LogP contribution in [0.1, 0.15) is 25.0 Å². The van der Waals surface area contributed by atoms with E-state index in [1.54, 1.807) is 0 Å². The normalized spacial score (nSPS) is 10.7. The van der Waals surface area contributed by atoms with Crippen molar-refractivity contribution in [2.45, 2.75) is 26.7 Å². The number of anilines is 1. The number of hydrogen-bond donors (Lipinski definition) is 3. The van der Waals surface area contributed by atoms with Crippen molar-refractivity contribution in [3.8, 4) is 0 Å². The van der Waals surface area contributed by atoms with Crippen LogP contribution in [0.4, 0.5) is 5.69 Å². The monoisotopic (exact) mass is 450 g/mol. The Hall–Kier alpha value is -1.68. The van der Waals surface area contributed by atoms with E-state index in [-0.39, 0.29) is 6.54 Å². The van der Waals surface area contributed by atoms with Crippen molar-refractivity contribution in [1.82, 2.24) is 4.90 Å². The molecule has 0 atom stereocenters. The number of rotatable bonds is 9. The van der Waals surface area contributed by atoms with Gasteiger partial charge >= 0.3 is 11.9 Å². The SMILES string of the molecule is CCc1cc(I)cc(CC)c1N[14C](=O)CN(CC(=O)O)CC(=O)O. The number of amides is 1. The summed E-state index contributed by atoms with van der Waals surface area (Å²) in [4.78, 5) is 34.9. The van der Waals surface area contributed by atoms with E-state index in [9.17, 15) is 14.4 Å². The zero-order valence-corrected chi connectivity index (χ0v) is 15.8. The molecular formula is C16H21IN2O5. The Morgan fingerprint density at radius 1 is 1.12 bits per heavy atom. The molecule has 0 aliphatic carbocycles. The minimum absolute atomic E-state index is 0.295. The zero-order valence-electron chi connectivity index (χ0n) is 13.6. The van der Waals surface area contributed by atoms with Crippen LogP contribution in [0.5, 0.6) is 0 Å². The molecule has 8 heteroatoms. The average Bonchev–Trinajstić information content (AvgIpc) is 2.46. The Labute approximate surface area is 154 Å². The Balaban J connectivity index is 2.93. The first-order valence-corrected chi connectivity index (χ1v) is 8.61. The third-order valence-electron chi connectivity index (χ3n) is 3.38. The number of carbonyl (C=O) groups is 3. The molecule has 0 saturated carbocycles. The van der Waals surface area contributed by atoms with Gasteiger partial charge in [0.15, 0.2) is 0 Å². The summed E-state index contributed by atoms with van der Waals surface area (Å²) in [6.45, 7) is 2.67. The summed E-state index contributed by atoms with van der Waals surface area (Å²) in [5, 5.41) is 20.5. The average molecular weight is 450 g/mol. The number of benzene rings is 1. The van der Waals surface area contributed by atoms with Crippen molar-refractivity contribution < 1.29 is 24.6 Å². The highest BCUT2D eigenvalue weighted by molar-refractivity contribution is 14.1. The predicted molar refractivity (Wildman–Crippen MR) is 98.3 cm³/mol. The van der Waals surface area contributed by atoms with Gasteiger partial charge in [0.1, 0.15) is 0 Å². The van der Waals surface area contributed by atoms with E-state index < -0.39 is 30.9 Å². The number of hydrogen-bond acceptors (Lipinski definition) is 4. The zero-order chi connectivity index (χ0) is 18.3. The summed E-state index contributed by atoms with van der Waals surface area (Å²) in [6, 6.07) is 3.98. The van der Waals surface area contributed by atoms with Gasteiger partial charge in [0.25, 0.3) is 0 Å². The third-order valence-corrected chi connectivity index (χ3v) is 4.00. The maximum absolute atomic E-state index is 12.3. The standard InChI is InChI=1S/C16H21IN2O5/c1-3-10-5-12(17)6-11(4-2)16(10)18-13(20)7-19(8-14(21)22)9-15(23)24/h5-6H,3-4,7-9H2,1-2H3,(H,18,20)(H,21,22)(H,23,24)/i13+2. The lowest BCUT2D eigenvalue weighted by atomic mass is 10.0. The lowest BCUT2D eigenvalue weighted by molar-refractivity contribution is -0.142. The third kappa shape index (κ3) is 6.44. The van der Waals surface area contributed by atoms with Crippen LogP contribution >= 0.6 is 22.6 Å². The van der Waals surface area contributed by atoms with E-state index in [0.29, 0.717) is 0 Å². The first kappa shape index (κ1) is 20.4. The quantitative estimate of drug-likeness (QED) is 0.496. The molecule has 24 heavy (non-hydrogen) atoms. The van der Waals surface area contributed by atoms with Crippen LogP contribution in [0.15, 0.2) is 12.1 Å². The second-order valence-corrected chi connectivity index (χ2v) is 6.53. The van der Waals surface area contributed by atoms with Gasteiger partial charge in [-0.1, -0.05) is 13.8 Å². The first-order valence-electron chi connectivity index (χ1n) is 7.53. The van der Waals surface area contributed by atoms with Crippen LogP contribution in [0, 0.1) is 3.57 Å². The molecule has 1 amide bonds. The topological polar surface area (TPSA) is 107 Å². The molecule has 3 N–H and O–H groups in total. The van der Waals surface area contributed by atoms with E-state index in [0.717, 1.165) is 38.1 Å². The fourth-order valence-corrected chi connectivity index (χ4v) is 3.13. The van der Waals surface area contributed by atoms with Crippen molar-refractivity contribution >= 4 is 46.1 Å². The van der Waals surface area contributed by atoms with Crippen LogP contribution in [0.25, 0.3) is 0 Å². The number of carboxylic acid groups (broad SMARTS) is 2. The number of aryl methyl sites for hydroxylation is 2. The number of carboxylic acids is 2. The lowest BCUT2D eigenvalue weighted by Gasteiger charge is -2.20. The minimum Gasteiger partial charge on any atom is -0.480 e. The molecule has 132 valence electrons. The molecule has 0 spiro atoms. The maximum atomic E-state index is 12.3. The van der Waals surface area contributed by atoms with Crippen LogP contribution < -0.4 is 5.32 Å². The van der Waals surface area contributed by atoms with Gasteiger partial charge in [0.05, 0.1) is 19.6 Å². The van der Waals surface area contributed by atoms with Crippen LogP contribution in [0.2, 0.25) is 0 Å². The minimum atomic E-state index is -1.18. The van der Waals surface area contributed by atoms with Crippen LogP contribution in [-0.2, 0) is 27.2 Å². The molecule has 1 rings (SSSR count). The molecule has 0 bridgehead atoms. The van der Waals surface area contributed by atoms with Crippen molar-refractivity contribution in [2.24, 2.45) is 0 Å². The van der Waals surface area contributed by atoms with Gasteiger partial charge in [-0.05, 0) is 58.7 Å². The molecule has 0 saturated heterocycles. The van der Waals surface area contributed by atoms with Crippen molar-refractivity contribution in [3.63, 3.8) is 0 Å². The van der Waals surface area contributed by atoms with Crippen LogP contribution in [0.3, 0.4) is 0 Å². The van der Waals surface area contributed by atoms with Crippen molar-refractivity contribution in [1.29, 1.82) is 0 Å². The summed E-state index contributed by atoms with van der Waals surface area (Å²) in [7, 11) is 0. The largest absolute Gasteiger partial charge is 0.480 e. The molecular weight excluding hydrogens is 429 g/mol. The molecule has 1 aromatic rings. The molecule has 0 aromatic heterocycles. The van der Waals surface area contributed by atoms with Crippen molar-refractivity contribution in [3.05, 3.63) is 26.8 Å². The summed E-state index contributed by atoms with van der Waals surface area (Å²) in [6.07, 6.45) is 1.49. The highest BCUT2D eigenvalue weighted by Crippen LogP contribution is 2.25. The fraction of sp³-hybridized carbons (Fsp3) is 0.438. The molecule has 0 radical (unpaired) electrons. The molecule has 1 aromatic carbocycles. The first-order chi connectivity index (χ1) is 11.3.